The molecule has 0 amide bonds. The second-order valence-corrected chi connectivity index (χ2v) is 7.52. The Morgan fingerprint density at radius 3 is 2.48 bits per heavy atom. The van der Waals surface area contributed by atoms with Crippen molar-refractivity contribution in [2.45, 2.75) is 6.18 Å². The molecule has 0 spiro atoms. The molecular weight excluding hydrogens is 402 g/mol. The minimum Gasteiger partial charge on any atom is -0.393 e. The van der Waals surface area contributed by atoms with Gasteiger partial charge >= 0.3 is 6.18 Å². The lowest BCUT2D eigenvalue weighted by Gasteiger charge is -2.09. The molecule has 29 heavy (non-hydrogen) atoms. The molecule has 0 saturated carbocycles. The van der Waals surface area contributed by atoms with Crippen LogP contribution in [0.25, 0.3) is 22.4 Å². The highest BCUT2D eigenvalue weighted by Gasteiger charge is 2.33. The molecule has 0 fully saturated rings. The van der Waals surface area contributed by atoms with Crippen LogP contribution in [-0.4, -0.2) is 5.78 Å². The lowest BCUT2D eigenvalue weighted by atomic mass is 9.98. The van der Waals surface area contributed by atoms with Gasteiger partial charge in [-0.15, -0.1) is 0 Å². The fourth-order valence-corrected chi connectivity index (χ4v) is 4.14. The third-order valence-corrected chi connectivity index (χ3v) is 5.54. The molecule has 3 aromatic rings. The van der Waals surface area contributed by atoms with Gasteiger partial charge in [0, 0.05) is 5.56 Å². The second-order valence-electron chi connectivity index (χ2n) is 6.44. The molecule has 7 heteroatoms. The molecule has 3 aromatic carbocycles. The van der Waals surface area contributed by atoms with Crippen LogP contribution in [0.2, 0.25) is 0 Å². The number of fused-ring (bicyclic) bond motifs is 1. The fraction of sp³-hybridized carbons (Fsp3) is 0.0455. The number of ketones is 1. The third kappa shape index (κ3) is 3.53. The van der Waals surface area contributed by atoms with E-state index >= 15 is 0 Å². The van der Waals surface area contributed by atoms with Crippen LogP contribution < -0.4 is 5.73 Å². The highest BCUT2D eigenvalue weighted by atomic mass is 32.2. The van der Waals surface area contributed by atoms with Crippen molar-refractivity contribution in [1.29, 1.82) is 0 Å². The first-order chi connectivity index (χ1) is 13.8. The van der Waals surface area contributed by atoms with Crippen LogP contribution in [-0.2, 0) is 11.0 Å². The summed E-state index contributed by atoms with van der Waals surface area (Å²) < 4.78 is 53.5. The Balaban J connectivity index is 1.77. The van der Waals surface area contributed by atoms with E-state index in [9.17, 15) is 22.4 Å². The fourth-order valence-electron chi connectivity index (χ4n) is 3.22. The Morgan fingerprint density at radius 1 is 0.966 bits per heavy atom. The van der Waals surface area contributed by atoms with Crippen LogP contribution >= 0.6 is 11.8 Å². The van der Waals surface area contributed by atoms with Gasteiger partial charge in [0.15, 0.2) is 0 Å². The number of rotatable bonds is 2. The summed E-state index contributed by atoms with van der Waals surface area (Å²) in [4.78, 5) is 13.1. The number of allylic oxidation sites excluding steroid dienone is 2. The average Bonchev–Trinajstić information content (AvgIpc) is 2.97. The van der Waals surface area contributed by atoms with Gasteiger partial charge in [-0.25, -0.2) is 4.39 Å². The molecule has 4 rings (SSSR count). The maximum Gasteiger partial charge on any atom is 0.416 e. The van der Waals surface area contributed by atoms with E-state index in [-0.39, 0.29) is 26.6 Å². The van der Waals surface area contributed by atoms with Gasteiger partial charge in [-0.2, -0.15) is 13.2 Å². The zero-order valence-electron chi connectivity index (χ0n) is 14.8. The van der Waals surface area contributed by atoms with Crippen molar-refractivity contribution in [3.8, 4) is 0 Å². The summed E-state index contributed by atoms with van der Waals surface area (Å²) in [7, 11) is 0. The van der Waals surface area contributed by atoms with Crippen molar-refractivity contribution in [3.05, 3.63) is 93.1 Å². The standard InChI is InChI=1S/C22H13F4NOS/c23-17-9-8-12-4-1-2-7-15(12)16(17)11-18-20(28)19(21(27)29-18)13-5-3-6-14(10-13)22(24,25)26/h1-11H,27H2. The molecule has 0 saturated heterocycles. The lowest BCUT2D eigenvalue weighted by Crippen LogP contribution is -2.07. The second kappa shape index (κ2) is 7.08. The Kier molecular flexibility index (Phi) is 4.70. The Morgan fingerprint density at radius 2 is 1.72 bits per heavy atom. The number of halogens is 4. The van der Waals surface area contributed by atoms with E-state index in [2.05, 4.69) is 0 Å². The molecule has 2 nitrogen and oxygen atoms in total. The molecule has 0 aliphatic carbocycles. The molecule has 1 aliphatic heterocycles. The number of carbonyl (C=O) groups is 1. The van der Waals surface area contributed by atoms with Crippen molar-refractivity contribution in [1.82, 2.24) is 0 Å². The van der Waals surface area contributed by atoms with Crippen LogP contribution in [0.1, 0.15) is 16.7 Å². The topological polar surface area (TPSA) is 43.1 Å². The van der Waals surface area contributed by atoms with Crippen LogP contribution in [0.3, 0.4) is 0 Å². The third-order valence-electron chi connectivity index (χ3n) is 4.59. The monoisotopic (exact) mass is 415 g/mol. The molecule has 2 N–H and O–H groups in total. The van der Waals surface area contributed by atoms with E-state index in [0.29, 0.717) is 5.39 Å². The molecular formula is C22H13F4NOS. The van der Waals surface area contributed by atoms with E-state index in [1.165, 1.54) is 24.3 Å². The maximum atomic E-state index is 14.5. The number of carbonyl (C=O) groups excluding carboxylic acids is 1. The van der Waals surface area contributed by atoms with E-state index in [1.807, 2.05) is 12.1 Å². The van der Waals surface area contributed by atoms with Crippen molar-refractivity contribution in [2.75, 3.05) is 0 Å². The van der Waals surface area contributed by atoms with Crippen LogP contribution in [0, 0.1) is 5.82 Å². The van der Waals surface area contributed by atoms with Crippen molar-refractivity contribution < 1.29 is 22.4 Å². The summed E-state index contributed by atoms with van der Waals surface area (Å²) in [6.45, 7) is 0. The van der Waals surface area contributed by atoms with Gasteiger partial charge in [0.2, 0.25) is 5.78 Å². The van der Waals surface area contributed by atoms with E-state index in [4.69, 9.17) is 5.73 Å². The first kappa shape index (κ1) is 19.3. The number of alkyl halides is 3. The Hall–Kier alpha value is -3.06. The van der Waals surface area contributed by atoms with Crippen molar-refractivity contribution >= 4 is 40.0 Å². The predicted molar refractivity (Wildman–Crippen MR) is 107 cm³/mol. The zero-order valence-corrected chi connectivity index (χ0v) is 15.6. The summed E-state index contributed by atoms with van der Waals surface area (Å²) in [5, 5.41) is 1.51. The first-order valence-corrected chi connectivity index (χ1v) is 9.36. The van der Waals surface area contributed by atoms with Crippen molar-refractivity contribution in [2.24, 2.45) is 5.73 Å². The molecule has 0 atom stereocenters. The van der Waals surface area contributed by atoms with E-state index in [1.54, 1.807) is 18.2 Å². The smallest absolute Gasteiger partial charge is 0.393 e. The average molecular weight is 415 g/mol. The van der Waals surface area contributed by atoms with Crippen molar-refractivity contribution in [3.63, 3.8) is 0 Å². The SMILES string of the molecule is NC1=C(c2cccc(C(F)(F)F)c2)C(=O)C(=Cc2c(F)ccc3ccccc23)S1. The summed E-state index contributed by atoms with van der Waals surface area (Å²) in [6.07, 6.45) is -3.14. The van der Waals surface area contributed by atoms with Gasteiger partial charge in [0.05, 0.1) is 21.1 Å². The Labute approximate surface area is 167 Å². The molecule has 0 unspecified atom stereocenters. The molecule has 1 heterocycles. The summed E-state index contributed by atoms with van der Waals surface area (Å²) in [5.74, 6) is -1.03. The van der Waals surface area contributed by atoms with Gasteiger partial charge in [-0.1, -0.05) is 54.2 Å². The van der Waals surface area contributed by atoms with Gasteiger partial charge in [-0.3, -0.25) is 4.79 Å². The Bertz CT molecular complexity index is 1210. The number of hydrogen-bond donors (Lipinski definition) is 1. The summed E-state index contributed by atoms with van der Waals surface area (Å²) in [6, 6.07) is 14.5. The molecule has 0 radical (unpaired) electrons. The zero-order chi connectivity index (χ0) is 20.8. The van der Waals surface area contributed by atoms with Crippen LogP contribution in [0.4, 0.5) is 17.6 Å². The normalized spacial score (nSPS) is 16.3. The van der Waals surface area contributed by atoms with Gasteiger partial charge in [0.25, 0.3) is 0 Å². The number of nitrogens with two attached hydrogens (primary N) is 1. The minimum atomic E-state index is -4.54. The predicted octanol–water partition coefficient (Wildman–Crippen LogP) is 5.98. The highest BCUT2D eigenvalue weighted by Crippen LogP contribution is 2.42. The van der Waals surface area contributed by atoms with Crippen LogP contribution in [0.5, 0.6) is 0 Å². The summed E-state index contributed by atoms with van der Waals surface area (Å²) >= 11 is 0.923. The first-order valence-electron chi connectivity index (χ1n) is 8.54. The lowest BCUT2D eigenvalue weighted by molar-refractivity contribution is -0.137. The molecule has 146 valence electrons. The van der Waals surface area contributed by atoms with Gasteiger partial charge in [-0.05, 0) is 40.6 Å². The number of Topliss-reactive ketones (excluding diaryl/α,β-unsaturated/α-hetero) is 1. The number of hydrogen-bond acceptors (Lipinski definition) is 3. The molecule has 0 bridgehead atoms. The van der Waals surface area contributed by atoms with Crippen LogP contribution in [0.15, 0.2) is 70.6 Å². The largest absolute Gasteiger partial charge is 0.416 e. The van der Waals surface area contributed by atoms with E-state index in [0.717, 1.165) is 29.3 Å². The van der Waals surface area contributed by atoms with Gasteiger partial charge < -0.3 is 5.73 Å². The molecule has 0 aromatic heterocycles. The van der Waals surface area contributed by atoms with Gasteiger partial charge in [0.1, 0.15) is 5.82 Å². The van der Waals surface area contributed by atoms with E-state index < -0.39 is 23.3 Å². The highest BCUT2D eigenvalue weighted by molar-refractivity contribution is 8.08. The quantitative estimate of drug-likeness (QED) is 0.414. The number of thioether (sulfide) groups is 1. The number of benzene rings is 3. The molecule has 1 aliphatic rings. The summed E-state index contributed by atoms with van der Waals surface area (Å²) in [5.41, 5.74) is 5.40. The maximum absolute atomic E-state index is 14.5. The minimum absolute atomic E-state index is 0.00649.